The van der Waals surface area contributed by atoms with Crippen LogP contribution < -0.4 is 5.32 Å². The number of hydrogen-bond donors (Lipinski definition) is 2. The van der Waals surface area contributed by atoms with Crippen LogP contribution in [0.4, 0.5) is 0 Å². The van der Waals surface area contributed by atoms with Crippen molar-refractivity contribution in [1.29, 1.82) is 0 Å². The molecular weight excluding hydrogens is 266 g/mol. The number of carboxylic acid groups (broad SMARTS) is 1. The van der Waals surface area contributed by atoms with Gasteiger partial charge >= 0.3 is 5.97 Å². The molecule has 1 saturated carbocycles. The van der Waals surface area contributed by atoms with Gasteiger partial charge in [-0.25, -0.2) is 0 Å². The predicted molar refractivity (Wildman–Crippen MR) is 86.6 cm³/mol. The van der Waals surface area contributed by atoms with Crippen molar-refractivity contribution >= 4 is 5.97 Å². The van der Waals surface area contributed by atoms with E-state index in [-0.39, 0.29) is 0 Å². The molecule has 0 spiro atoms. The molecule has 0 aromatic rings. The molecule has 1 fully saturated rings. The van der Waals surface area contributed by atoms with Gasteiger partial charge in [0.2, 0.25) is 0 Å². The molecule has 124 valence electrons. The SMILES string of the molecule is CCNC1(C(=O)O)CCC(N(CCN(C)C)CC(C)C)C1. The Labute approximate surface area is 129 Å². The molecular formula is C16H33N3O2. The van der Waals surface area contributed by atoms with Gasteiger partial charge in [0, 0.05) is 25.7 Å². The topological polar surface area (TPSA) is 55.8 Å². The van der Waals surface area contributed by atoms with E-state index in [0.29, 0.717) is 18.5 Å². The molecule has 2 unspecified atom stereocenters. The van der Waals surface area contributed by atoms with Gasteiger partial charge in [0.15, 0.2) is 0 Å². The number of nitrogens with one attached hydrogen (secondary N) is 1. The van der Waals surface area contributed by atoms with Crippen LogP contribution in [0, 0.1) is 5.92 Å². The Morgan fingerprint density at radius 3 is 2.52 bits per heavy atom. The zero-order valence-corrected chi connectivity index (χ0v) is 14.4. The number of carbonyl (C=O) groups is 1. The van der Waals surface area contributed by atoms with E-state index in [1.807, 2.05) is 6.92 Å². The molecule has 1 rings (SSSR count). The number of carboxylic acids is 1. The third-order valence-electron chi connectivity index (χ3n) is 4.36. The minimum atomic E-state index is -0.716. The fraction of sp³-hybridized carbons (Fsp3) is 0.938. The third kappa shape index (κ3) is 5.24. The predicted octanol–water partition coefficient (Wildman–Crippen LogP) is 1.49. The first-order valence-corrected chi connectivity index (χ1v) is 8.18. The molecule has 0 heterocycles. The molecule has 0 aliphatic heterocycles. The van der Waals surface area contributed by atoms with Gasteiger partial charge in [-0.15, -0.1) is 0 Å². The summed E-state index contributed by atoms with van der Waals surface area (Å²) < 4.78 is 0. The standard InChI is InChI=1S/C16H33N3O2/c1-6-17-16(15(20)21)8-7-14(11-16)19(12-13(2)3)10-9-18(4)5/h13-14,17H,6-12H2,1-5H3,(H,20,21). The first kappa shape index (κ1) is 18.4. The lowest BCUT2D eigenvalue weighted by Gasteiger charge is -2.33. The van der Waals surface area contributed by atoms with Crippen molar-refractivity contribution in [1.82, 2.24) is 15.1 Å². The second kappa shape index (κ2) is 8.11. The van der Waals surface area contributed by atoms with Crippen molar-refractivity contribution in [3.05, 3.63) is 0 Å². The minimum absolute atomic E-state index is 0.377. The second-order valence-corrected chi connectivity index (χ2v) is 7.01. The molecule has 0 amide bonds. The first-order chi connectivity index (χ1) is 9.80. The molecule has 5 heteroatoms. The Kier molecular flexibility index (Phi) is 7.10. The summed E-state index contributed by atoms with van der Waals surface area (Å²) in [7, 11) is 4.17. The Hall–Kier alpha value is -0.650. The van der Waals surface area contributed by atoms with E-state index >= 15 is 0 Å². The summed E-state index contributed by atoms with van der Waals surface area (Å²) in [5, 5.41) is 12.8. The Bertz CT molecular complexity index is 333. The fourth-order valence-electron chi connectivity index (χ4n) is 3.32. The molecule has 0 radical (unpaired) electrons. The number of nitrogens with zero attached hydrogens (tertiary/aromatic N) is 2. The van der Waals surface area contributed by atoms with Crippen LogP contribution in [0.1, 0.15) is 40.0 Å². The number of hydrogen-bond acceptors (Lipinski definition) is 4. The van der Waals surface area contributed by atoms with Gasteiger partial charge in [-0.3, -0.25) is 9.69 Å². The van der Waals surface area contributed by atoms with Crippen LogP contribution in [0.2, 0.25) is 0 Å². The van der Waals surface area contributed by atoms with E-state index in [4.69, 9.17) is 0 Å². The van der Waals surface area contributed by atoms with Crippen LogP contribution in [0.15, 0.2) is 0 Å². The molecule has 0 aromatic carbocycles. The number of rotatable bonds is 9. The molecule has 2 atom stereocenters. The quantitative estimate of drug-likeness (QED) is 0.675. The van der Waals surface area contributed by atoms with Gasteiger partial charge < -0.3 is 15.3 Å². The Morgan fingerprint density at radius 2 is 2.05 bits per heavy atom. The lowest BCUT2D eigenvalue weighted by Crippen LogP contribution is -2.51. The molecule has 2 N–H and O–H groups in total. The average molecular weight is 299 g/mol. The minimum Gasteiger partial charge on any atom is -0.480 e. The largest absolute Gasteiger partial charge is 0.480 e. The van der Waals surface area contributed by atoms with Gasteiger partial charge in [0.05, 0.1) is 0 Å². The van der Waals surface area contributed by atoms with Crippen LogP contribution in [0.3, 0.4) is 0 Å². The summed E-state index contributed by atoms with van der Waals surface area (Å²) in [5.74, 6) is -0.0879. The van der Waals surface area contributed by atoms with Crippen molar-refractivity contribution < 1.29 is 9.90 Å². The summed E-state index contributed by atoms with van der Waals surface area (Å²) in [4.78, 5) is 16.4. The zero-order chi connectivity index (χ0) is 16.0. The van der Waals surface area contributed by atoms with E-state index in [2.05, 4.69) is 43.1 Å². The van der Waals surface area contributed by atoms with Gasteiger partial charge in [-0.2, -0.15) is 0 Å². The van der Waals surface area contributed by atoms with Crippen molar-refractivity contribution in [2.75, 3.05) is 40.3 Å². The highest BCUT2D eigenvalue weighted by Crippen LogP contribution is 2.33. The summed E-state index contributed by atoms with van der Waals surface area (Å²) in [6, 6.07) is 0.377. The Balaban J connectivity index is 2.73. The fourth-order valence-corrected chi connectivity index (χ4v) is 3.32. The summed E-state index contributed by atoms with van der Waals surface area (Å²) in [5.41, 5.74) is -0.716. The van der Waals surface area contributed by atoms with E-state index in [9.17, 15) is 9.90 Å². The van der Waals surface area contributed by atoms with E-state index in [1.165, 1.54) is 0 Å². The highest BCUT2D eigenvalue weighted by atomic mass is 16.4. The van der Waals surface area contributed by atoms with Gasteiger partial charge in [0.25, 0.3) is 0 Å². The molecule has 21 heavy (non-hydrogen) atoms. The van der Waals surface area contributed by atoms with Crippen molar-refractivity contribution in [2.45, 2.75) is 51.6 Å². The average Bonchev–Trinajstić information content (AvgIpc) is 2.80. The Morgan fingerprint density at radius 1 is 1.38 bits per heavy atom. The maximum absolute atomic E-state index is 11.7. The molecule has 0 aromatic heterocycles. The third-order valence-corrected chi connectivity index (χ3v) is 4.36. The van der Waals surface area contributed by atoms with Gasteiger partial charge in [0.1, 0.15) is 5.54 Å². The maximum atomic E-state index is 11.7. The monoisotopic (exact) mass is 299 g/mol. The molecule has 1 aliphatic carbocycles. The van der Waals surface area contributed by atoms with Crippen LogP contribution >= 0.6 is 0 Å². The lowest BCUT2D eigenvalue weighted by atomic mass is 9.97. The van der Waals surface area contributed by atoms with E-state index in [0.717, 1.165) is 38.9 Å². The molecule has 0 bridgehead atoms. The summed E-state index contributed by atoms with van der Waals surface area (Å²) in [6.07, 6.45) is 2.42. The number of aliphatic carboxylic acids is 1. The van der Waals surface area contributed by atoms with Crippen LogP contribution in [-0.4, -0.2) is 72.7 Å². The van der Waals surface area contributed by atoms with Crippen molar-refractivity contribution in [2.24, 2.45) is 5.92 Å². The normalized spacial score (nSPS) is 26.2. The number of likely N-dealkylation sites (N-methyl/N-ethyl adjacent to an activating group) is 2. The first-order valence-electron chi connectivity index (χ1n) is 8.18. The summed E-state index contributed by atoms with van der Waals surface area (Å²) >= 11 is 0. The molecule has 0 saturated heterocycles. The maximum Gasteiger partial charge on any atom is 0.323 e. The second-order valence-electron chi connectivity index (χ2n) is 7.01. The van der Waals surface area contributed by atoms with Crippen molar-refractivity contribution in [3.8, 4) is 0 Å². The highest BCUT2D eigenvalue weighted by molar-refractivity contribution is 5.79. The summed E-state index contributed by atoms with van der Waals surface area (Å²) in [6.45, 7) is 10.2. The lowest BCUT2D eigenvalue weighted by molar-refractivity contribution is -0.144. The highest BCUT2D eigenvalue weighted by Gasteiger charge is 2.46. The van der Waals surface area contributed by atoms with Crippen LogP contribution in [0.5, 0.6) is 0 Å². The van der Waals surface area contributed by atoms with Gasteiger partial charge in [-0.1, -0.05) is 20.8 Å². The molecule has 1 aliphatic rings. The van der Waals surface area contributed by atoms with Crippen LogP contribution in [0.25, 0.3) is 0 Å². The smallest absolute Gasteiger partial charge is 0.323 e. The van der Waals surface area contributed by atoms with E-state index < -0.39 is 11.5 Å². The van der Waals surface area contributed by atoms with E-state index in [1.54, 1.807) is 0 Å². The molecule has 5 nitrogen and oxygen atoms in total. The van der Waals surface area contributed by atoms with Crippen molar-refractivity contribution in [3.63, 3.8) is 0 Å². The van der Waals surface area contributed by atoms with Crippen LogP contribution in [-0.2, 0) is 4.79 Å². The van der Waals surface area contributed by atoms with Gasteiger partial charge in [-0.05, 0) is 45.8 Å². The zero-order valence-electron chi connectivity index (χ0n) is 14.4.